The third kappa shape index (κ3) is 7.52. The lowest BCUT2D eigenvalue weighted by Gasteiger charge is -2.31. The lowest BCUT2D eigenvalue weighted by atomic mass is 10.0. The van der Waals surface area contributed by atoms with E-state index in [9.17, 15) is 14.4 Å². The number of carbonyl (C=O) groups excluding carboxylic acids is 3. The lowest BCUT2D eigenvalue weighted by Crippen LogP contribution is -2.51. The second-order valence-corrected chi connectivity index (χ2v) is 15.4. The Balaban J connectivity index is 1.08. The largest absolute Gasteiger partial charge is 0.483 e. The molecule has 294 valence electrons. The Hall–Kier alpha value is -5.92. The molecule has 7 rings (SSSR count). The van der Waals surface area contributed by atoms with E-state index in [1.807, 2.05) is 56.0 Å². The summed E-state index contributed by atoms with van der Waals surface area (Å²) in [6.07, 6.45) is 8.25. The van der Waals surface area contributed by atoms with Gasteiger partial charge in [0.25, 0.3) is 0 Å². The third-order valence-corrected chi connectivity index (χ3v) is 11.1. The van der Waals surface area contributed by atoms with E-state index < -0.39 is 18.2 Å². The number of fused-ring (bicyclic) bond motifs is 3. The number of pyridine rings is 1. The lowest BCUT2D eigenvalue weighted by molar-refractivity contribution is -0.136. The fourth-order valence-corrected chi connectivity index (χ4v) is 7.99. The van der Waals surface area contributed by atoms with Gasteiger partial charge in [-0.2, -0.15) is 0 Å². The number of hydrogen-bond acceptors (Lipinski definition) is 9. The summed E-state index contributed by atoms with van der Waals surface area (Å²) in [7, 11) is 2.83. The number of ether oxygens (including phenoxy) is 2. The minimum absolute atomic E-state index is 0.0111. The average molecular weight is 762 g/mol. The van der Waals surface area contributed by atoms with Gasteiger partial charge in [-0.1, -0.05) is 52.0 Å². The van der Waals surface area contributed by atoms with E-state index in [1.165, 1.54) is 14.2 Å². The molecule has 2 aromatic carbocycles. The fourth-order valence-electron chi connectivity index (χ4n) is 7.99. The molecule has 3 amide bonds. The van der Waals surface area contributed by atoms with Crippen molar-refractivity contribution in [3.63, 3.8) is 0 Å². The number of likely N-dealkylation sites (tertiary alicyclic amines) is 2. The number of methoxy groups -OCH3 is 2. The fraction of sp³-hybridized carbons (Fsp3) is 0.429. The smallest absolute Gasteiger partial charge is 0.407 e. The van der Waals surface area contributed by atoms with Crippen molar-refractivity contribution in [2.45, 2.75) is 77.5 Å². The Morgan fingerprint density at radius 2 is 1.27 bits per heavy atom. The predicted octanol–water partition coefficient (Wildman–Crippen LogP) is 6.61. The molecule has 2 fully saturated rings. The third-order valence-electron chi connectivity index (χ3n) is 11.1. The Labute approximate surface area is 326 Å². The van der Waals surface area contributed by atoms with Gasteiger partial charge in [0, 0.05) is 41.2 Å². The number of aromatic amines is 2. The van der Waals surface area contributed by atoms with Crippen LogP contribution in [0.4, 0.5) is 4.79 Å². The minimum Gasteiger partial charge on any atom is -0.483 e. The first kappa shape index (κ1) is 38.4. The minimum atomic E-state index is -0.694. The Kier molecular flexibility index (Phi) is 11.0. The Morgan fingerprint density at radius 3 is 1.80 bits per heavy atom. The van der Waals surface area contributed by atoms with E-state index in [4.69, 9.17) is 24.4 Å². The van der Waals surface area contributed by atoms with Gasteiger partial charge >= 0.3 is 6.09 Å². The van der Waals surface area contributed by atoms with E-state index in [0.29, 0.717) is 24.8 Å². The van der Waals surface area contributed by atoms with Crippen LogP contribution < -0.4 is 10.6 Å². The van der Waals surface area contributed by atoms with Gasteiger partial charge in [0.1, 0.15) is 23.7 Å². The van der Waals surface area contributed by atoms with Crippen LogP contribution in [-0.4, -0.2) is 92.0 Å². The van der Waals surface area contributed by atoms with Crippen molar-refractivity contribution >= 4 is 39.6 Å². The molecule has 0 spiro atoms. The van der Waals surface area contributed by atoms with Gasteiger partial charge in [-0.25, -0.2) is 14.8 Å². The van der Waals surface area contributed by atoms with Crippen LogP contribution in [0.3, 0.4) is 0 Å². The van der Waals surface area contributed by atoms with Crippen LogP contribution >= 0.6 is 0 Å². The number of rotatable bonds is 12. The molecule has 2 aliphatic rings. The summed E-state index contributed by atoms with van der Waals surface area (Å²) in [6, 6.07) is 11.0. The van der Waals surface area contributed by atoms with E-state index in [-0.39, 0.29) is 35.7 Å². The Bertz CT molecular complexity index is 2100. The molecule has 0 radical (unpaired) electrons. The standard InChI is InChI=1S/C42H51N9O5/c1-23(2)36(46-25(5)55-6)40(52)50-16-8-10-34(50)38-44-21-32(47-38)26-12-14-29-28(18-26)20-43-31-19-27(13-15-30(29)31)33-22-45-39(48-33)35-11-9-17-51(35)41(53)37(24(3)4)49-42(54)56-7/h12-15,18-24,34-37,46H,5,8-11,16-17H2,1-4,6-7H3,(H,44,47)(H,45,48)(H,49,54)/t34-,35-,36-,37-/m0/s1. The van der Waals surface area contributed by atoms with Gasteiger partial charge in [0.15, 0.2) is 5.88 Å². The van der Waals surface area contributed by atoms with Crippen LogP contribution in [0.25, 0.3) is 44.2 Å². The van der Waals surface area contributed by atoms with E-state index in [1.54, 1.807) is 6.20 Å². The molecule has 14 heteroatoms. The van der Waals surface area contributed by atoms with Crippen LogP contribution in [0.5, 0.6) is 0 Å². The molecule has 14 nitrogen and oxygen atoms in total. The molecule has 0 aliphatic carbocycles. The summed E-state index contributed by atoms with van der Waals surface area (Å²) >= 11 is 0. The van der Waals surface area contributed by atoms with Crippen molar-refractivity contribution < 1.29 is 23.9 Å². The highest BCUT2D eigenvalue weighted by molar-refractivity contribution is 6.07. The van der Waals surface area contributed by atoms with Crippen LogP contribution in [0, 0.1) is 11.8 Å². The molecule has 2 saturated heterocycles. The first-order valence-corrected chi connectivity index (χ1v) is 19.3. The number of aromatic nitrogens is 5. The first-order valence-electron chi connectivity index (χ1n) is 19.3. The maximum atomic E-state index is 13.7. The summed E-state index contributed by atoms with van der Waals surface area (Å²) in [5.74, 6) is 1.66. The predicted molar refractivity (Wildman–Crippen MR) is 214 cm³/mol. The Morgan fingerprint density at radius 1 is 0.732 bits per heavy atom. The molecular formula is C42H51N9O5. The molecule has 56 heavy (non-hydrogen) atoms. The number of H-pyrrole nitrogens is 2. The number of nitrogens with zero attached hydrogens (tertiary/aromatic N) is 5. The van der Waals surface area contributed by atoms with Crippen LogP contribution in [0.15, 0.2) is 67.5 Å². The molecule has 2 aliphatic heterocycles. The molecule has 5 heterocycles. The van der Waals surface area contributed by atoms with Gasteiger partial charge in [-0.15, -0.1) is 0 Å². The SMILES string of the molecule is C=C(N[C@H](C(=O)N1CCC[C@H]1c1ncc(-c2ccc3c(cnc4cc(-c5cnc([C@@H]6CCCN6C(=O)[C@@H](NC(=O)OC)C(C)C)[nH]5)ccc43)c2)[nH]1)C(C)C)OC. The van der Waals surface area contributed by atoms with Gasteiger partial charge in [0.2, 0.25) is 11.8 Å². The molecular weight excluding hydrogens is 711 g/mol. The summed E-state index contributed by atoms with van der Waals surface area (Å²) in [4.78, 5) is 64.3. The summed E-state index contributed by atoms with van der Waals surface area (Å²) in [5, 5.41) is 8.94. The number of hydrogen-bond donors (Lipinski definition) is 4. The summed E-state index contributed by atoms with van der Waals surface area (Å²) in [5.41, 5.74) is 4.48. The molecule has 0 saturated carbocycles. The molecule has 0 unspecified atom stereocenters. The van der Waals surface area contributed by atoms with E-state index >= 15 is 0 Å². The van der Waals surface area contributed by atoms with E-state index in [2.05, 4.69) is 57.5 Å². The number of amides is 3. The molecule has 0 bridgehead atoms. The van der Waals surface area contributed by atoms with Gasteiger partial charge in [0.05, 0.1) is 55.6 Å². The monoisotopic (exact) mass is 761 g/mol. The maximum absolute atomic E-state index is 13.7. The second-order valence-electron chi connectivity index (χ2n) is 15.4. The van der Waals surface area contributed by atoms with Crippen molar-refractivity contribution in [2.24, 2.45) is 11.8 Å². The zero-order chi connectivity index (χ0) is 39.7. The van der Waals surface area contributed by atoms with Crippen molar-refractivity contribution in [1.82, 2.24) is 45.4 Å². The van der Waals surface area contributed by atoms with Gasteiger partial charge in [-0.3, -0.25) is 14.6 Å². The molecule has 5 aromatic rings. The normalized spacial score (nSPS) is 18.1. The summed E-state index contributed by atoms with van der Waals surface area (Å²) < 4.78 is 9.98. The van der Waals surface area contributed by atoms with Crippen molar-refractivity contribution in [3.8, 4) is 22.5 Å². The molecule has 3 aromatic heterocycles. The number of imidazole rings is 2. The number of alkyl carbamates (subject to hydrolysis) is 1. The van der Waals surface area contributed by atoms with Crippen LogP contribution in [0.2, 0.25) is 0 Å². The van der Waals surface area contributed by atoms with Crippen LogP contribution in [0.1, 0.15) is 77.1 Å². The number of nitrogens with one attached hydrogen (secondary N) is 4. The highest BCUT2D eigenvalue weighted by Crippen LogP contribution is 2.36. The zero-order valence-electron chi connectivity index (χ0n) is 32.9. The topological polar surface area (TPSA) is 170 Å². The molecule has 4 N–H and O–H groups in total. The van der Waals surface area contributed by atoms with Crippen LogP contribution in [-0.2, 0) is 19.1 Å². The van der Waals surface area contributed by atoms with E-state index in [0.717, 1.165) is 75.7 Å². The highest BCUT2D eigenvalue weighted by atomic mass is 16.5. The zero-order valence-corrected chi connectivity index (χ0v) is 32.9. The maximum Gasteiger partial charge on any atom is 0.407 e. The highest BCUT2D eigenvalue weighted by Gasteiger charge is 2.38. The average Bonchev–Trinajstić information content (AvgIpc) is 4.04. The van der Waals surface area contributed by atoms with Crippen molar-refractivity contribution in [3.05, 3.63) is 79.1 Å². The quantitative estimate of drug-likeness (QED) is 0.0807. The first-order chi connectivity index (χ1) is 27.0. The molecule has 4 atom stereocenters. The number of carbonyl (C=O) groups is 3. The number of benzene rings is 2. The van der Waals surface area contributed by atoms with Crippen molar-refractivity contribution in [2.75, 3.05) is 27.3 Å². The van der Waals surface area contributed by atoms with Crippen molar-refractivity contribution in [1.29, 1.82) is 0 Å². The van der Waals surface area contributed by atoms with Gasteiger partial charge < -0.3 is 39.9 Å². The summed E-state index contributed by atoms with van der Waals surface area (Å²) in [6.45, 7) is 12.9. The second kappa shape index (κ2) is 16.0. The van der Waals surface area contributed by atoms with Gasteiger partial charge in [-0.05, 0) is 61.6 Å².